The largest absolute Gasteiger partial charge is 0.497 e. The van der Waals surface area contributed by atoms with Crippen molar-refractivity contribution in [3.8, 4) is 17.2 Å². The predicted octanol–water partition coefficient (Wildman–Crippen LogP) is 3.65. The summed E-state index contributed by atoms with van der Waals surface area (Å²) in [6.07, 6.45) is 1.48. The highest BCUT2D eigenvalue weighted by molar-refractivity contribution is 7.99. The molecule has 0 fully saturated rings. The average molecular weight is 475 g/mol. The predicted molar refractivity (Wildman–Crippen MR) is 133 cm³/mol. The van der Waals surface area contributed by atoms with Gasteiger partial charge in [-0.3, -0.25) is 14.2 Å². The number of carbonyl (C=O) groups is 1. The number of methoxy groups -OCH3 is 2. The monoisotopic (exact) mass is 474 g/mol. The maximum Gasteiger partial charge on any atom is 0.266 e. The quantitative estimate of drug-likeness (QED) is 0.181. The van der Waals surface area contributed by atoms with Gasteiger partial charge in [0.2, 0.25) is 0 Å². The standard InChI is InChI=1S/C25H22N4O4S/c1-32-19-12-13-22(33-2)17(14-19)15-26-28-23(30)16-34-25-27-21-11-7-6-10-20(21)24(31)29(25)18-8-4-3-5-9-18/h3-15H,16H2,1-2H3,(H,28,30)/b26-15-. The van der Waals surface area contributed by atoms with Crippen molar-refractivity contribution in [1.29, 1.82) is 0 Å². The summed E-state index contributed by atoms with van der Waals surface area (Å²) in [5.41, 5.74) is 4.22. The summed E-state index contributed by atoms with van der Waals surface area (Å²) in [6, 6.07) is 21.6. The molecule has 0 saturated heterocycles. The molecule has 1 heterocycles. The fourth-order valence-electron chi connectivity index (χ4n) is 3.29. The first kappa shape index (κ1) is 23.1. The van der Waals surface area contributed by atoms with Crippen LogP contribution in [0.1, 0.15) is 5.56 Å². The Hall–Kier alpha value is -4.11. The Morgan fingerprint density at radius 1 is 1.06 bits per heavy atom. The number of hydrogen-bond acceptors (Lipinski definition) is 7. The summed E-state index contributed by atoms with van der Waals surface area (Å²) in [5, 5.41) is 4.95. The minimum atomic E-state index is -0.342. The van der Waals surface area contributed by atoms with Crippen molar-refractivity contribution >= 4 is 34.8 Å². The van der Waals surface area contributed by atoms with Crippen LogP contribution in [0.3, 0.4) is 0 Å². The molecule has 9 heteroatoms. The lowest BCUT2D eigenvalue weighted by atomic mass is 10.2. The van der Waals surface area contributed by atoms with Gasteiger partial charge in [0.1, 0.15) is 11.5 Å². The van der Waals surface area contributed by atoms with E-state index in [0.717, 1.165) is 11.8 Å². The van der Waals surface area contributed by atoms with Gasteiger partial charge in [-0.05, 0) is 42.5 Å². The van der Waals surface area contributed by atoms with Crippen LogP contribution in [0.25, 0.3) is 16.6 Å². The second-order valence-electron chi connectivity index (χ2n) is 7.08. The maximum absolute atomic E-state index is 13.2. The molecule has 0 spiro atoms. The van der Waals surface area contributed by atoms with E-state index in [1.54, 1.807) is 50.6 Å². The highest BCUT2D eigenvalue weighted by Gasteiger charge is 2.14. The molecule has 172 valence electrons. The topological polar surface area (TPSA) is 94.8 Å². The molecule has 0 atom stereocenters. The second kappa shape index (κ2) is 10.7. The molecule has 0 bridgehead atoms. The van der Waals surface area contributed by atoms with Gasteiger partial charge in [-0.15, -0.1) is 0 Å². The first-order valence-corrected chi connectivity index (χ1v) is 11.3. The summed E-state index contributed by atoms with van der Waals surface area (Å²) in [5.74, 6) is 0.917. The number of benzene rings is 3. The van der Waals surface area contributed by atoms with Crippen molar-refractivity contribution in [2.75, 3.05) is 20.0 Å². The van der Waals surface area contributed by atoms with Crippen molar-refractivity contribution < 1.29 is 14.3 Å². The molecule has 0 saturated carbocycles. The third-order valence-electron chi connectivity index (χ3n) is 4.92. The molecule has 4 rings (SSSR count). The Morgan fingerprint density at radius 3 is 2.59 bits per heavy atom. The lowest BCUT2D eigenvalue weighted by Crippen LogP contribution is -2.24. The number of aromatic nitrogens is 2. The zero-order valence-electron chi connectivity index (χ0n) is 18.6. The minimum Gasteiger partial charge on any atom is -0.497 e. The molecule has 0 radical (unpaired) electrons. The van der Waals surface area contributed by atoms with E-state index in [1.807, 2.05) is 36.4 Å². The van der Waals surface area contributed by atoms with Gasteiger partial charge in [-0.25, -0.2) is 10.4 Å². The number of ether oxygens (including phenoxy) is 2. The van der Waals surface area contributed by atoms with E-state index >= 15 is 0 Å². The van der Waals surface area contributed by atoms with Crippen LogP contribution in [0.15, 0.2) is 87.8 Å². The Labute approximate surface area is 200 Å². The fraction of sp³-hybridized carbons (Fsp3) is 0.120. The number of nitrogens with one attached hydrogen (secondary N) is 1. The SMILES string of the molecule is COc1ccc(OC)c(/C=N\NC(=O)CSc2nc3ccccc3c(=O)n2-c2ccccc2)c1. The van der Waals surface area contributed by atoms with Gasteiger partial charge in [0, 0.05) is 5.56 Å². The van der Waals surface area contributed by atoms with E-state index in [2.05, 4.69) is 15.5 Å². The molecule has 1 aromatic heterocycles. The summed E-state index contributed by atoms with van der Waals surface area (Å²) in [7, 11) is 3.12. The Morgan fingerprint density at radius 2 is 1.82 bits per heavy atom. The van der Waals surface area contributed by atoms with Crippen molar-refractivity contribution in [3.05, 3.63) is 88.7 Å². The van der Waals surface area contributed by atoms with E-state index in [9.17, 15) is 9.59 Å². The number of thioether (sulfide) groups is 1. The number of amides is 1. The molecule has 1 amide bonds. The second-order valence-corrected chi connectivity index (χ2v) is 8.02. The van der Waals surface area contributed by atoms with Gasteiger partial charge in [0.25, 0.3) is 11.5 Å². The Balaban J connectivity index is 1.53. The number of para-hydroxylation sites is 2. The third-order valence-corrected chi connectivity index (χ3v) is 5.86. The van der Waals surface area contributed by atoms with Gasteiger partial charge >= 0.3 is 0 Å². The molecule has 34 heavy (non-hydrogen) atoms. The molecule has 0 aliphatic heterocycles. The number of fused-ring (bicyclic) bond motifs is 1. The van der Waals surface area contributed by atoms with Crippen LogP contribution < -0.4 is 20.5 Å². The van der Waals surface area contributed by atoms with E-state index in [-0.39, 0.29) is 17.2 Å². The van der Waals surface area contributed by atoms with Gasteiger partial charge < -0.3 is 9.47 Å². The molecular weight excluding hydrogens is 452 g/mol. The Kier molecular flexibility index (Phi) is 7.24. The van der Waals surface area contributed by atoms with Crippen molar-refractivity contribution in [2.45, 2.75) is 5.16 Å². The molecule has 4 aromatic rings. The zero-order chi connectivity index (χ0) is 23.9. The third kappa shape index (κ3) is 5.10. The van der Waals surface area contributed by atoms with E-state index < -0.39 is 0 Å². The molecular formula is C25H22N4O4S. The number of rotatable bonds is 8. The maximum atomic E-state index is 13.2. The zero-order valence-corrected chi connectivity index (χ0v) is 19.4. The summed E-state index contributed by atoms with van der Waals surface area (Å²) < 4.78 is 12.0. The van der Waals surface area contributed by atoms with Crippen LogP contribution >= 0.6 is 11.8 Å². The first-order valence-electron chi connectivity index (χ1n) is 10.3. The number of nitrogens with zero attached hydrogens (tertiary/aromatic N) is 3. The van der Waals surface area contributed by atoms with E-state index in [4.69, 9.17) is 9.47 Å². The van der Waals surface area contributed by atoms with Crippen LogP contribution in [0, 0.1) is 0 Å². The van der Waals surface area contributed by atoms with Crippen molar-refractivity contribution in [1.82, 2.24) is 15.0 Å². The van der Waals surface area contributed by atoms with Crippen LogP contribution in [0.2, 0.25) is 0 Å². The van der Waals surface area contributed by atoms with Crippen LogP contribution in [-0.4, -0.2) is 41.6 Å². The van der Waals surface area contributed by atoms with E-state index in [1.165, 1.54) is 10.8 Å². The lowest BCUT2D eigenvalue weighted by Gasteiger charge is -2.12. The van der Waals surface area contributed by atoms with Gasteiger partial charge in [0.05, 0.1) is 42.8 Å². The van der Waals surface area contributed by atoms with Crippen molar-refractivity contribution in [3.63, 3.8) is 0 Å². The van der Waals surface area contributed by atoms with Gasteiger partial charge in [0.15, 0.2) is 5.16 Å². The highest BCUT2D eigenvalue weighted by atomic mass is 32.2. The average Bonchev–Trinajstić information content (AvgIpc) is 2.88. The number of hydrazone groups is 1. The Bertz CT molecular complexity index is 1400. The van der Waals surface area contributed by atoms with Crippen LogP contribution in [0.5, 0.6) is 11.5 Å². The van der Waals surface area contributed by atoms with Crippen LogP contribution in [0.4, 0.5) is 0 Å². The van der Waals surface area contributed by atoms with Crippen LogP contribution in [-0.2, 0) is 4.79 Å². The van der Waals surface area contributed by atoms with Crippen molar-refractivity contribution in [2.24, 2.45) is 5.10 Å². The summed E-state index contributed by atoms with van der Waals surface area (Å²) >= 11 is 1.16. The molecule has 0 unspecified atom stereocenters. The number of carbonyl (C=O) groups excluding carboxylic acids is 1. The summed E-state index contributed by atoms with van der Waals surface area (Å²) in [6.45, 7) is 0. The molecule has 0 aliphatic rings. The smallest absolute Gasteiger partial charge is 0.266 e. The first-order chi connectivity index (χ1) is 16.6. The molecule has 8 nitrogen and oxygen atoms in total. The van der Waals surface area contributed by atoms with E-state index in [0.29, 0.717) is 38.8 Å². The summed E-state index contributed by atoms with van der Waals surface area (Å²) in [4.78, 5) is 30.3. The number of hydrogen-bond donors (Lipinski definition) is 1. The normalized spacial score (nSPS) is 11.0. The highest BCUT2D eigenvalue weighted by Crippen LogP contribution is 2.23. The fourth-order valence-corrected chi connectivity index (χ4v) is 4.10. The van der Waals surface area contributed by atoms with Gasteiger partial charge in [-0.1, -0.05) is 42.1 Å². The molecule has 0 aliphatic carbocycles. The molecule has 3 aromatic carbocycles. The minimum absolute atomic E-state index is 0.0181. The molecule has 1 N–H and O–H groups in total. The lowest BCUT2D eigenvalue weighted by molar-refractivity contribution is -0.118. The van der Waals surface area contributed by atoms with Gasteiger partial charge in [-0.2, -0.15) is 5.10 Å².